The number of benzene rings is 2. The van der Waals surface area contributed by atoms with Crippen molar-refractivity contribution in [1.29, 1.82) is 0 Å². The predicted molar refractivity (Wildman–Crippen MR) is 70.6 cm³/mol. The first-order valence-electron chi connectivity index (χ1n) is 7.86. The van der Waals surface area contributed by atoms with E-state index in [4.69, 9.17) is 6.85 Å². The van der Waals surface area contributed by atoms with Gasteiger partial charge >= 0.3 is 0 Å². The normalized spacial score (nSPS) is 17.4. The molecule has 0 aliphatic carbocycles. The van der Waals surface area contributed by atoms with Crippen LogP contribution in [-0.2, 0) is 0 Å². The van der Waals surface area contributed by atoms with E-state index in [1.165, 1.54) is 6.92 Å². The van der Waals surface area contributed by atoms with Gasteiger partial charge in [-0.1, -0.05) is 19.1 Å². The third-order valence-corrected chi connectivity index (χ3v) is 2.59. The number of hydrogen-bond donors (Lipinski definition) is 3. The third kappa shape index (κ3) is 2.68. The molecule has 0 bridgehead atoms. The molecule has 3 N–H and O–H groups in total. The van der Waals surface area contributed by atoms with Crippen LogP contribution in [0.1, 0.15) is 35.6 Å². The lowest BCUT2D eigenvalue weighted by atomic mass is 9.92. The molecule has 1 atom stereocenters. The maximum Gasteiger partial charge on any atom is 0.173 e. The number of rotatable bonds is 3. The van der Waals surface area contributed by atoms with Gasteiger partial charge in [0.2, 0.25) is 0 Å². The highest BCUT2D eigenvalue weighted by molar-refractivity contribution is 6.03. The van der Waals surface area contributed by atoms with E-state index in [1.807, 2.05) is 0 Å². The van der Waals surface area contributed by atoms with E-state index >= 15 is 0 Å². The molecule has 2 aromatic carbocycles. The largest absolute Gasteiger partial charge is 0.508 e. The average molecular weight is 263 g/mol. The number of hydrogen-bond acceptors (Lipinski definition) is 4. The fourth-order valence-corrected chi connectivity index (χ4v) is 1.52. The molecule has 0 spiro atoms. The Bertz CT molecular complexity index is 825. The SMILES string of the molecule is [2H]c1cc(C([2H])(C)C(=O)c2cc([2H])c(O)c([2H])c2O)cc([2H])c1O. The molecule has 0 aliphatic heterocycles. The summed E-state index contributed by atoms with van der Waals surface area (Å²) < 4.78 is 38.4. The van der Waals surface area contributed by atoms with Gasteiger partial charge < -0.3 is 15.3 Å². The first-order valence-corrected chi connectivity index (χ1v) is 5.36. The Hall–Kier alpha value is -2.49. The Kier molecular flexibility index (Phi) is 2.07. The fourth-order valence-electron chi connectivity index (χ4n) is 1.52. The minimum atomic E-state index is -2.05. The van der Waals surface area contributed by atoms with Crippen LogP contribution in [0.4, 0.5) is 0 Å². The molecule has 2 aromatic rings. The highest BCUT2D eigenvalue weighted by Crippen LogP contribution is 2.29. The maximum atomic E-state index is 12.6. The number of phenolic OH excluding ortho intramolecular Hbond substituents is 3. The lowest BCUT2D eigenvalue weighted by molar-refractivity contribution is 0.0963. The lowest BCUT2D eigenvalue weighted by Crippen LogP contribution is -2.09. The van der Waals surface area contributed by atoms with Gasteiger partial charge in [-0.05, 0) is 29.8 Å². The van der Waals surface area contributed by atoms with Crippen LogP contribution < -0.4 is 0 Å². The van der Waals surface area contributed by atoms with Crippen LogP contribution in [0, 0.1) is 0 Å². The van der Waals surface area contributed by atoms with Gasteiger partial charge in [0.05, 0.1) is 11.0 Å². The third-order valence-electron chi connectivity index (χ3n) is 2.59. The zero-order valence-corrected chi connectivity index (χ0v) is 9.98. The predicted octanol–water partition coefficient (Wildman–Crippen LogP) is 2.79. The van der Waals surface area contributed by atoms with Gasteiger partial charge in [-0.3, -0.25) is 4.79 Å². The van der Waals surface area contributed by atoms with Gasteiger partial charge in [0.15, 0.2) is 5.78 Å². The van der Waals surface area contributed by atoms with Crippen molar-refractivity contribution >= 4 is 5.78 Å². The summed E-state index contributed by atoms with van der Waals surface area (Å²) in [5.74, 6) is -5.26. The lowest BCUT2D eigenvalue weighted by Gasteiger charge is -2.12. The van der Waals surface area contributed by atoms with Crippen molar-refractivity contribution < 1.29 is 27.0 Å². The van der Waals surface area contributed by atoms with Gasteiger partial charge in [0.1, 0.15) is 17.2 Å². The van der Waals surface area contributed by atoms with Crippen LogP contribution in [0.25, 0.3) is 0 Å². The van der Waals surface area contributed by atoms with Crippen LogP contribution in [0.15, 0.2) is 42.4 Å². The molecule has 4 heteroatoms. The van der Waals surface area contributed by atoms with Crippen molar-refractivity contribution in [3.8, 4) is 17.2 Å². The van der Waals surface area contributed by atoms with Crippen LogP contribution in [0.2, 0.25) is 0 Å². The molecule has 2 rings (SSSR count). The minimum absolute atomic E-state index is 0.0640. The quantitative estimate of drug-likeness (QED) is 0.744. The van der Waals surface area contributed by atoms with E-state index in [9.17, 15) is 20.1 Å². The number of carbonyl (C=O) groups excluding carboxylic acids is 1. The van der Waals surface area contributed by atoms with Gasteiger partial charge in [0.25, 0.3) is 0 Å². The molecule has 0 radical (unpaired) electrons. The number of carbonyl (C=O) groups is 1. The Morgan fingerprint density at radius 2 is 1.74 bits per heavy atom. The highest BCUT2D eigenvalue weighted by Gasteiger charge is 2.20. The van der Waals surface area contributed by atoms with Gasteiger partial charge in [-0.2, -0.15) is 0 Å². The van der Waals surface area contributed by atoms with Crippen molar-refractivity contribution in [3.05, 3.63) is 53.5 Å². The zero-order valence-electron chi connectivity index (χ0n) is 15.0. The smallest absolute Gasteiger partial charge is 0.173 e. The van der Waals surface area contributed by atoms with Crippen LogP contribution in [0.3, 0.4) is 0 Å². The molecule has 98 valence electrons. The van der Waals surface area contributed by atoms with Crippen molar-refractivity contribution in [2.24, 2.45) is 0 Å². The Morgan fingerprint density at radius 1 is 1.16 bits per heavy atom. The zero-order chi connectivity index (χ0) is 18.4. The van der Waals surface area contributed by atoms with Crippen molar-refractivity contribution in [1.82, 2.24) is 0 Å². The first-order chi connectivity index (χ1) is 11.0. The summed E-state index contributed by atoms with van der Waals surface area (Å²) >= 11 is 0. The molecule has 0 saturated carbocycles. The minimum Gasteiger partial charge on any atom is -0.508 e. The molecule has 0 fully saturated rings. The number of aromatic hydroxyl groups is 3. The first kappa shape index (κ1) is 7.84. The number of Topliss-reactive ketones (excluding diaryl/α,β-unsaturated/α-hetero) is 1. The Morgan fingerprint density at radius 3 is 2.37 bits per heavy atom. The second kappa shape index (κ2) is 5.02. The Labute approximate surface area is 117 Å². The fraction of sp³-hybridized carbons (Fsp3) is 0.133. The van der Waals surface area contributed by atoms with Crippen molar-refractivity contribution in [2.75, 3.05) is 0 Å². The number of phenols is 3. The van der Waals surface area contributed by atoms with Crippen LogP contribution in [-0.4, -0.2) is 21.1 Å². The van der Waals surface area contributed by atoms with Gasteiger partial charge in [-0.15, -0.1) is 0 Å². The summed E-state index contributed by atoms with van der Waals surface area (Å²) in [6.45, 7) is 1.17. The van der Waals surface area contributed by atoms with E-state index in [-0.39, 0.29) is 5.56 Å². The molecular formula is C15H14O4. The standard InChI is InChI=1S/C15H14O4/c1-9(10-2-4-11(16)5-3-10)15(19)13-7-6-12(17)8-14(13)18/h2-9,16-18H,1H3/i4D,5D,6D,8D,9D. The van der Waals surface area contributed by atoms with Crippen LogP contribution in [0.5, 0.6) is 17.2 Å². The summed E-state index contributed by atoms with van der Waals surface area (Å²) in [4.78, 5) is 12.6. The second-order valence-corrected chi connectivity index (χ2v) is 3.86. The van der Waals surface area contributed by atoms with E-state index in [2.05, 4.69) is 0 Å². The maximum absolute atomic E-state index is 12.6. The van der Waals surface area contributed by atoms with Gasteiger partial charge in [0, 0.05) is 13.3 Å². The summed E-state index contributed by atoms with van der Waals surface area (Å²) in [6, 6.07) is 0.751. The summed E-state index contributed by atoms with van der Waals surface area (Å²) in [5.41, 5.74) is -0.558. The monoisotopic (exact) mass is 263 g/mol. The topological polar surface area (TPSA) is 77.8 Å². The van der Waals surface area contributed by atoms with Crippen molar-refractivity contribution in [2.45, 2.75) is 12.8 Å². The molecule has 4 nitrogen and oxygen atoms in total. The molecule has 0 amide bonds. The van der Waals surface area contributed by atoms with E-state index < -0.39 is 58.7 Å². The summed E-state index contributed by atoms with van der Waals surface area (Å²) in [6.07, 6.45) is 0. The molecule has 0 aliphatic rings. The summed E-state index contributed by atoms with van der Waals surface area (Å²) in [7, 11) is 0. The van der Waals surface area contributed by atoms with Crippen LogP contribution >= 0.6 is 0 Å². The molecule has 0 saturated heterocycles. The molecule has 1 unspecified atom stereocenters. The van der Waals surface area contributed by atoms with Crippen molar-refractivity contribution in [3.63, 3.8) is 0 Å². The second-order valence-electron chi connectivity index (χ2n) is 3.86. The van der Waals surface area contributed by atoms with E-state index in [0.29, 0.717) is 0 Å². The molecule has 0 heterocycles. The highest BCUT2D eigenvalue weighted by atomic mass is 16.3. The van der Waals surface area contributed by atoms with E-state index in [1.54, 1.807) is 0 Å². The molecular weight excluding hydrogens is 244 g/mol. The summed E-state index contributed by atoms with van der Waals surface area (Å²) in [5, 5.41) is 28.8. The average Bonchev–Trinajstić information content (AvgIpc) is 2.52. The number of ketones is 1. The molecule has 0 aromatic heterocycles. The molecule has 19 heavy (non-hydrogen) atoms. The van der Waals surface area contributed by atoms with E-state index in [0.717, 1.165) is 18.2 Å². The Balaban J connectivity index is 2.61. The van der Waals surface area contributed by atoms with Gasteiger partial charge in [-0.25, -0.2) is 0 Å².